The molecule has 2 rings (SSSR count). The van der Waals surface area contributed by atoms with Crippen LogP contribution in [0.5, 0.6) is 0 Å². The molecule has 1 atom stereocenters. The molecular formula is C13H17N3OS. The minimum absolute atomic E-state index is 0.141. The maximum absolute atomic E-state index is 5.92. The largest absolute Gasteiger partial charge is 0.338 e. The SMILES string of the molecule is CCC[C@H](N)c1nc(CSc2ccccc2)no1. The van der Waals surface area contributed by atoms with Gasteiger partial charge in [-0.2, -0.15) is 4.98 Å². The zero-order valence-corrected chi connectivity index (χ0v) is 11.2. The van der Waals surface area contributed by atoms with Crippen LogP contribution in [0.1, 0.15) is 37.5 Å². The van der Waals surface area contributed by atoms with E-state index in [1.165, 1.54) is 4.90 Å². The van der Waals surface area contributed by atoms with Crippen molar-refractivity contribution in [3.8, 4) is 0 Å². The molecular weight excluding hydrogens is 246 g/mol. The lowest BCUT2D eigenvalue weighted by molar-refractivity contribution is 0.345. The van der Waals surface area contributed by atoms with E-state index in [1.807, 2.05) is 18.2 Å². The van der Waals surface area contributed by atoms with Crippen LogP contribution < -0.4 is 5.73 Å². The highest BCUT2D eigenvalue weighted by molar-refractivity contribution is 7.98. The lowest BCUT2D eigenvalue weighted by Crippen LogP contribution is -2.10. The quantitative estimate of drug-likeness (QED) is 0.811. The van der Waals surface area contributed by atoms with Gasteiger partial charge in [0.05, 0.1) is 11.8 Å². The molecule has 0 aliphatic heterocycles. The minimum Gasteiger partial charge on any atom is -0.338 e. The Kier molecular flexibility index (Phi) is 4.78. The van der Waals surface area contributed by atoms with Crippen LogP contribution in [0.3, 0.4) is 0 Å². The fraction of sp³-hybridized carbons (Fsp3) is 0.385. The molecule has 2 N–H and O–H groups in total. The number of nitrogens with two attached hydrogens (primary N) is 1. The lowest BCUT2D eigenvalue weighted by atomic mass is 10.2. The molecule has 0 aliphatic carbocycles. The van der Waals surface area contributed by atoms with Crippen molar-refractivity contribution in [2.24, 2.45) is 5.73 Å². The summed E-state index contributed by atoms with van der Waals surface area (Å²) in [4.78, 5) is 5.52. The Hall–Kier alpha value is -1.33. The molecule has 1 aromatic heterocycles. The number of thioether (sulfide) groups is 1. The normalized spacial score (nSPS) is 12.6. The van der Waals surface area contributed by atoms with Gasteiger partial charge in [0.25, 0.3) is 0 Å². The maximum Gasteiger partial charge on any atom is 0.243 e. The molecule has 0 bridgehead atoms. The van der Waals surface area contributed by atoms with Crippen molar-refractivity contribution in [3.05, 3.63) is 42.0 Å². The van der Waals surface area contributed by atoms with Crippen LogP contribution in [0.25, 0.3) is 0 Å². The van der Waals surface area contributed by atoms with Gasteiger partial charge in [-0.25, -0.2) is 0 Å². The molecule has 0 amide bonds. The third-order valence-corrected chi connectivity index (χ3v) is 3.52. The van der Waals surface area contributed by atoms with Crippen LogP contribution in [-0.4, -0.2) is 10.1 Å². The monoisotopic (exact) mass is 263 g/mol. The fourth-order valence-corrected chi connectivity index (χ4v) is 2.34. The summed E-state index contributed by atoms with van der Waals surface area (Å²) < 4.78 is 5.17. The van der Waals surface area contributed by atoms with Gasteiger partial charge in [0.1, 0.15) is 0 Å². The van der Waals surface area contributed by atoms with Crippen LogP contribution in [0, 0.1) is 0 Å². The van der Waals surface area contributed by atoms with Crippen molar-refractivity contribution in [3.63, 3.8) is 0 Å². The van der Waals surface area contributed by atoms with Gasteiger partial charge in [0.2, 0.25) is 5.89 Å². The second-order valence-corrected chi connectivity index (χ2v) is 5.09. The van der Waals surface area contributed by atoms with Gasteiger partial charge in [0.15, 0.2) is 5.82 Å². The third kappa shape index (κ3) is 3.58. The van der Waals surface area contributed by atoms with Crippen molar-refractivity contribution >= 4 is 11.8 Å². The summed E-state index contributed by atoms with van der Waals surface area (Å²) in [5.41, 5.74) is 5.92. The second-order valence-electron chi connectivity index (χ2n) is 4.05. The van der Waals surface area contributed by atoms with Gasteiger partial charge in [0, 0.05) is 4.90 Å². The topological polar surface area (TPSA) is 64.9 Å². The Balaban J connectivity index is 1.91. The van der Waals surface area contributed by atoms with Gasteiger partial charge in [-0.05, 0) is 18.6 Å². The first-order chi connectivity index (χ1) is 8.79. The number of aromatic nitrogens is 2. The first kappa shape index (κ1) is 13.1. The minimum atomic E-state index is -0.141. The highest BCUT2D eigenvalue weighted by Crippen LogP contribution is 2.22. The summed E-state index contributed by atoms with van der Waals surface area (Å²) in [7, 11) is 0. The molecule has 18 heavy (non-hydrogen) atoms. The van der Waals surface area contributed by atoms with Gasteiger partial charge < -0.3 is 10.3 Å². The molecule has 0 unspecified atom stereocenters. The first-order valence-electron chi connectivity index (χ1n) is 6.05. The zero-order chi connectivity index (χ0) is 12.8. The Morgan fingerprint density at radius 2 is 2.11 bits per heavy atom. The van der Waals surface area contributed by atoms with E-state index in [9.17, 15) is 0 Å². The van der Waals surface area contributed by atoms with E-state index in [2.05, 4.69) is 29.2 Å². The van der Waals surface area contributed by atoms with Crippen molar-refractivity contribution < 1.29 is 4.52 Å². The Morgan fingerprint density at radius 1 is 1.33 bits per heavy atom. The number of benzene rings is 1. The molecule has 0 aliphatic rings. The van der Waals surface area contributed by atoms with Gasteiger partial charge in [-0.15, -0.1) is 11.8 Å². The lowest BCUT2D eigenvalue weighted by Gasteiger charge is -2.02. The van der Waals surface area contributed by atoms with Crippen molar-refractivity contribution in [1.29, 1.82) is 0 Å². The summed E-state index contributed by atoms with van der Waals surface area (Å²) in [6, 6.07) is 10.0. The molecule has 0 saturated carbocycles. The Labute approximate surface area is 111 Å². The molecule has 0 saturated heterocycles. The summed E-state index contributed by atoms with van der Waals surface area (Å²) in [5.74, 6) is 1.94. The molecule has 0 spiro atoms. The summed E-state index contributed by atoms with van der Waals surface area (Å²) in [5, 5.41) is 3.95. The molecule has 0 radical (unpaired) electrons. The van der Waals surface area contributed by atoms with Gasteiger partial charge in [-0.3, -0.25) is 0 Å². The van der Waals surface area contributed by atoms with Gasteiger partial charge >= 0.3 is 0 Å². The zero-order valence-electron chi connectivity index (χ0n) is 10.4. The van der Waals surface area contributed by atoms with E-state index >= 15 is 0 Å². The molecule has 5 heteroatoms. The maximum atomic E-state index is 5.92. The van der Waals surface area contributed by atoms with Crippen molar-refractivity contribution in [2.45, 2.75) is 36.5 Å². The Morgan fingerprint density at radius 3 is 2.83 bits per heavy atom. The second kappa shape index (κ2) is 6.56. The Bertz CT molecular complexity index is 472. The molecule has 4 nitrogen and oxygen atoms in total. The number of nitrogens with zero attached hydrogens (tertiary/aromatic N) is 2. The van der Waals surface area contributed by atoms with Crippen LogP contribution in [0.15, 0.2) is 39.8 Å². The van der Waals surface area contributed by atoms with Crippen LogP contribution >= 0.6 is 11.8 Å². The van der Waals surface area contributed by atoms with E-state index in [0.29, 0.717) is 17.5 Å². The number of hydrogen-bond acceptors (Lipinski definition) is 5. The summed E-state index contributed by atoms with van der Waals surface area (Å²) >= 11 is 1.69. The molecule has 2 aromatic rings. The van der Waals surface area contributed by atoms with E-state index in [-0.39, 0.29) is 6.04 Å². The van der Waals surface area contributed by atoms with Crippen LogP contribution in [0.4, 0.5) is 0 Å². The molecule has 1 heterocycles. The van der Waals surface area contributed by atoms with Crippen molar-refractivity contribution in [2.75, 3.05) is 0 Å². The van der Waals surface area contributed by atoms with Crippen LogP contribution in [-0.2, 0) is 5.75 Å². The summed E-state index contributed by atoms with van der Waals surface area (Å²) in [6.07, 6.45) is 1.88. The van der Waals surface area contributed by atoms with E-state index in [0.717, 1.165) is 12.8 Å². The van der Waals surface area contributed by atoms with E-state index in [4.69, 9.17) is 10.3 Å². The highest BCUT2D eigenvalue weighted by Gasteiger charge is 2.13. The van der Waals surface area contributed by atoms with E-state index < -0.39 is 0 Å². The average Bonchev–Trinajstić information content (AvgIpc) is 2.87. The fourth-order valence-electron chi connectivity index (χ4n) is 1.58. The first-order valence-corrected chi connectivity index (χ1v) is 7.04. The average molecular weight is 263 g/mol. The smallest absolute Gasteiger partial charge is 0.243 e. The van der Waals surface area contributed by atoms with E-state index in [1.54, 1.807) is 11.8 Å². The number of rotatable bonds is 6. The van der Waals surface area contributed by atoms with Crippen LogP contribution in [0.2, 0.25) is 0 Å². The third-order valence-electron chi connectivity index (χ3n) is 2.51. The predicted molar refractivity (Wildman–Crippen MR) is 72.1 cm³/mol. The molecule has 1 aromatic carbocycles. The standard InChI is InChI=1S/C13H17N3OS/c1-2-6-11(14)13-15-12(16-17-13)9-18-10-7-4-3-5-8-10/h3-5,7-8,11H,2,6,9,14H2,1H3/t11-/m0/s1. The molecule has 0 fully saturated rings. The molecule has 96 valence electrons. The predicted octanol–water partition coefficient (Wildman–Crippen LogP) is 3.16. The van der Waals surface area contributed by atoms with Gasteiger partial charge in [-0.1, -0.05) is 36.7 Å². The number of hydrogen-bond donors (Lipinski definition) is 1. The summed E-state index contributed by atoms with van der Waals surface area (Å²) in [6.45, 7) is 2.09. The highest BCUT2D eigenvalue weighted by atomic mass is 32.2. The van der Waals surface area contributed by atoms with Crippen molar-refractivity contribution in [1.82, 2.24) is 10.1 Å².